The maximum atomic E-state index is 13.3. The molecule has 0 aromatic rings. The van der Waals surface area contributed by atoms with Crippen LogP contribution in [0.2, 0.25) is 0 Å². The number of hydrogen-bond acceptors (Lipinski definition) is 13. The summed E-state index contributed by atoms with van der Waals surface area (Å²) in [6, 6.07) is -0.915. The van der Waals surface area contributed by atoms with Gasteiger partial charge in [-0.05, 0) is 64.2 Å². The number of hydrogen-bond donors (Lipinski definition) is 9. The Kier molecular flexibility index (Phi) is 56.7. The normalized spacial score (nSPS) is 23.2. The molecule has 2 fully saturated rings. The Labute approximate surface area is 555 Å². The Morgan fingerprint density at radius 2 is 0.758 bits per heavy atom. The molecule has 0 spiro atoms. The minimum Gasteiger partial charge on any atom is -0.394 e. The Morgan fingerprint density at radius 1 is 0.407 bits per heavy atom. The summed E-state index contributed by atoms with van der Waals surface area (Å²) < 4.78 is 22.9. The van der Waals surface area contributed by atoms with Crippen molar-refractivity contribution < 1.29 is 64.6 Å². The van der Waals surface area contributed by atoms with Gasteiger partial charge in [-0.3, -0.25) is 4.79 Å². The molecule has 0 bridgehead atoms. The van der Waals surface area contributed by atoms with Crippen LogP contribution in [0, 0.1) is 0 Å². The highest BCUT2D eigenvalue weighted by atomic mass is 16.7. The van der Waals surface area contributed by atoms with Gasteiger partial charge >= 0.3 is 0 Å². The van der Waals surface area contributed by atoms with E-state index >= 15 is 0 Å². The Morgan fingerprint density at radius 3 is 1.16 bits per heavy atom. The van der Waals surface area contributed by atoms with E-state index in [0.29, 0.717) is 6.42 Å². The minimum atomic E-state index is -1.79. The van der Waals surface area contributed by atoms with Crippen molar-refractivity contribution in [2.24, 2.45) is 0 Å². The van der Waals surface area contributed by atoms with Crippen molar-refractivity contribution in [2.75, 3.05) is 19.8 Å². The van der Waals surface area contributed by atoms with Gasteiger partial charge in [0.2, 0.25) is 5.91 Å². The van der Waals surface area contributed by atoms with Gasteiger partial charge in [0.1, 0.15) is 48.8 Å². The predicted molar refractivity (Wildman–Crippen MR) is 373 cm³/mol. The van der Waals surface area contributed by atoms with Crippen LogP contribution >= 0.6 is 0 Å². The summed E-state index contributed by atoms with van der Waals surface area (Å²) in [5.41, 5.74) is 0. The number of aliphatic hydroxyl groups is 8. The molecule has 12 unspecified atom stereocenters. The molecule has 0 saturated carbocycles. The van der Waals surface area contributed by atoms with Crippen molar-refractivity contribution >= 4 is 5.91 Å². The smallest absolute Gasteiger partial charge is 0.220 e. The molecule has 14 nitrogen and oxygen atoms in total. The molecule has 530 valence electrons. The molecular formula is C77H139NO13. The molecule has 91 heavy (non-hydrogen) atoms. The van der Waals surface area contributed by atoms with Crippen LogP contribution in [-0.2, 0) is 23.7 Å². The van der Waals surface area contributed by atoms with Crippen molar-refractivity contribution in [2.45, 2.75) is 389 Å². The van der Waals surface area contributed by atoms with E-state index in [2.05, 4.69) is 79.9 Å². The lowest BCUT2D eigenvalue weighted by Crippen LogP contribution is -2.65. The molecule has 12 atom stereocenters. The third kappa shape index (κ3) is 44.7. The molecular weight excluding hydrogens is 1150 g/mol. The monoisotopic (exact) mass is 1290 g/mol. The lowest BCUT2D eigenvalue weighted by Gasteiger charge is -2.46. The summed E-state index contributed by atoms with van der Waals surface area (Å²) in [7, 11) is 0. The van der Waals surface area contributed by atoms with E-state index in [1.54, 1.807) is 6.08 Å². The van der Waals surface area contributed by atoms with E-state index < -0.39 is 86.8 Å². The summed E-state index contributed by atoms with van der Waals surface area (Å²) in [5.74, 6) is -0.235. The van der Waals surface area contributed by atoms with Gasteiger partial charge in [-0.15, -0.1) is 0 Å². The van der Waals surface area contributed by atoms with Gasteiger partial charge in [0, 0.05) is 6.42 Å². The van der Waals surface area contributed by atoms with Gasteiger partial charge in [0.05, 0.1) is 32.0 Å². The molecule has 0 aliphatic carbocycles. The number of nitrogens with one attached hydrogen (secondary N) is 1. The Balaban J connectivity index is 1.55. The highest BCUT2D eigenvalue weighted by Gasteiger charge is 2.51. The maximum Gasteiger partial charge on any atom is 0.220 e. The van der Waals surface area contributed by atoms with Crippen LogP contribution in [0.3, 0.4) is 0 Å². The molecule has 2 saturated heterocycles. The average molecular weight is 1290 g/mol. The van der Waals surface area contributed by atoms with Crippen molar-refractivity contribution in [3.05, 3.63) is 72.9 Å². The molecule has 0 aromatic heterocycles. The Bertz CT molecular complexity index is 1800. The van der Waals surface area contributed by atoms with Crippen LogP contribution in [0.4, 0.5) is 0 Å². The first kappa shape index (κ1) is 84.5. The molecule has 1 amide bonds. The van der Waals surface area contributed by atoms with E-state index in [1.165, 1.54) is 218 Å². The predicted octanol–water partition coefficient (Wildman–Crippen LogP) is 16.2. The first-order chi connectivity index (χ1) is 44.6. The molecule has 0 aromatic carbocycles. The number of rotatable bonds is 62. The number of ether oxygens (including phenoxy) is 4. The van der Waals surface area contributed by atoms with Crippen LogP contribution in [0.1, 0.15) is 316 Å². The molecule has 9 N–H and O–H groups in total. The second kappa shape index (κ2) is 61.1. The highest BCUT2D eigenvalue weighted by Crippen LogP contribution is 2.30. The highest BCUT2D eigenvalue weighted by molar-refractivity contribution is 5.76. The van der Waals surface area contributed by atoms with E-state index in [-0.39, 0.29) is 18.9 Å². The van der Waals surface area contributed by atoms with Crippen molar-refractivity contribution in [1.29, 1.82) is 0 Å². The molecule has 2 rings (SSSR count). The van der Waals surface area contributed by atoms with Crippen LogP contribution in [0.15, 0.2) is 72.9 Å². The maximum absolute atomic E-state index is 13.3. The number of unbranched alkanes of at least 4 members (excludes halogenated alkanes) is 39. The van der Waals surface area contributed by atoms with Crippen LogP contribution in [-0.4, -0.2) is 140 Å². The zero-order chi connectivity index (χ0) is 65.9. The summed E-state index contributed by atoms with van der Waals surface area (Å²) in [4.78, 5) is 13.3. The third-order valence-corrected chi connectivity index (χ3v) is 18.1. The van der Waals surface area contributed by atoms with Crippen molar-refractivity contribution in [3.8, 4) is 0 Å². The third-order valence-electron chi connectivity index (χ3n) is 18.1. The average Bonchev–Trinajstić information content (AvgIpc) is 1.24. The zero-order valence-electron chi connectivity index (χ0n) is 57.8. The second-order valence-corrected chi connectivity index (χ2v) is 26.4. The van der Waals surface area contributed by atoms with Crippen molar-refractivity contribution in [1.82, 2.24) is 5.32 Å². The van der Waals surface area contributed by atoms with E-state index in [9.17, 15) is 45.6 Å². The largest absolute Gasteiger partial charge is 0.394 e. The summed E-state index contributed by atoms with van der Waals surface area (Å²) >= 11 is 0. The topological polar surface area (TPSA) is 228 Å². The van der Waals surface area contributed by atoms with E-state index in [4.69, 9.17) is 18.9 Å². The number of carbonyl (C=O) groups is 1. The fourth-order valence-electron chi connectivity index (χ4n) is 12.2. The minimum absolute atomic E-state index is 0.235. The van der Waals surface area contributed by atoms with E-state index in [0.717, 1.165) is 70.6 Å². The second-order valence-electron chi connectivity index (χ2n) is 26.4. The molecule has 2 heterocycles. The van der Waals surface area contributed by atoms with Crippen LogP contribution in [0.25, 0.3) is 0 Å². The SMILES string of the molecule is CC/C=C\C/C=C\C/C=C\C/C=C\C/C=C\CCCCCCCCCCCCCCCCCCCCCCCCCCCC(=O)NC(COC1OC(CO)C(OC2OC(CO)C(O)C(O)C2O)C(O)C1O)C(O)/C=C/CCCCCCCCCCCCCCCC. The quantitative estimate of drug-likeness (QED) is 0.0204. The number of carbonyl (C=O) groups excluding carboxylic acids is 1. The fourth-order valence-corrected chi connectivity index (χ4v) is 12.2. The summed E-state index contributed by atoms with van der Waals surface area (Å²) in [5, 5.41) is 87.4. The molecule has 2 aliphatic rings. The van der Waals surface area contributed by atoms with Gasteiger partial charge < -0.3 is 65.1 Å². The lowest BCUT2D eigenvalue weighted by atomic mass is 9.97. The van der Waals surface area contributed by atoms with Gasteiger partial charge in [-0.1, -0.05) is 318 Å². The standard InChI is InChI=1S/C77H139NO13/c1-3-5-7-9-11-13-15-17-19-21-22-23-24-25-26-27-28-29-30-31-32-33-34-35-36-37-38-39-40-41-42-43-44-45-47-49-51-53-55-57-59-61-69(82)78-65(66(81)60-58-56-54-52-50-48-46-20-18-16-14-12-10-8-6-4-2)64-88-76-74(87)72(85)75(68(63-80)90-76)91-77-73(86)71(84)70(83)67(62-79)89-77/h5,7,11,13,17,19,22-23,25-26,58,60,65-68,70-77,79-81,83-87H,3-4,6,8-10,12,14-16,18,20-21,24,27-57,59,61-64H2,1-2H3,(H,78,82)/b7-5-,13-11-,19-17-,23-22-,26-25-,60-58+. The van der Waals surface area contributed by atoms with Crippen LogP contribution in [0.5, 0.6) is 0 Å². The first-order valence-electron chi connectivity index (χ1n) is 37.7. The Hall–Kier alpha value is -2.57. The summed E-state index contributed by atoms with van der Waals surface area (Å²) in [6.07, 6.45) is 67.0. The molecule has 0 radical (unpaired) electrons. The molecule has 14 heteroatoms. The summed E-state index contributed by atoms with van der Waals surface area (Å²) in [6.45, 7) is 2.71. The van der Waals surface area contributed by atoms with Crippen molar-refractivity contribution in [3.63, 3.8) is 0 Å². The number of amides is 1. The van der Waals surface area contributed by atoms with E-state index in [1.807, 2.05) is 6.08 Å². The van der Waals surface area contributed by atoms with Gasteiger partial charge in [-0.25, -0.2) is 0 Å². The number of allylic oxidation sites excluding steroid dienone is 11. The van der Waals surface area contributed by atoms with Gasteiger partial charge in [-0.2, -0.15) is 0 Å². The first-order valence-corrected chi connectivity index (χ1v) is 37.7. The van der Waals surface area contributed by atoms with Crippen LogP contribution < -0.4 is 5.32 Å². The molecule has 2 aliphatic heterocycles. The zero-order valence-corrected chi connectivity index (χ0v) is 57.8. The van der Waals surface area contributed by atoms with Gasteiger partial charge in [0.25, 0.3) is 0 Å². The van der Waals surface area contributed by atoms with Gasteiger partial charge in [0.15, 0.2) is 12.6 Å². The number of aliphatic hydroxyl groups excluding tert-OH is 8. The fraction of sp³-hybridized carbons (Fsp3) is 0.831. The lowest BCUT2D eigenvalue weighted by molar-refractivity contribution is -0.359.